The van der Waals surface area contributed by atoms with Crippen LogP contribution in [0.2, 0.25) is 0 Å². The van der Waals surface area contributed by atoms with Crippen LogP contribution in [0.25, 0.3) is 16.9 Å². The van der Waals surface area contributed by atoms with E-state index in [1.54, 1.807) is 12.1 Å². The predicted molar refractivity (Wildman–Crippen MR) is 66.5 cm³/mol. The van der Waals surface area contributed by atoms with Crippen LogP contribution < -0.4 is 0 Å². The summed E-state index contributed by atoms with van der Waals surface area (Å²) in [6, 6.07) is 11.8. The Kier molecular flexibility index (Phi) is 2.57. The molecule has 2 aromatic heterocycles. The molecule has 18 heavy (non-hydrogen) atoms. The summed E-state index contributed by atoms with van der Waals surface area (Å²) in [5.74, 6) is -0.280. The van der Waals surface area contributed by atoms with Crippen molar-refractivity contribution in [2.45, 2.75) is 6.61 Å². The zero-order valence-corrected chi connectivity index (χ0v) is 9.55. The Morgan fingerprint density at radius 1 is 1.11 bits per heavy atom. The smallest absolute Gasteiger partial charge is 0.137 e. The van der Waals surface area contributed by atoms with E-state index in [9.17, 15) is 9.50 Å². The molecule has 0 aliphatic carbocycles. The van der Waals surface area contributed by atoms with Gasteiger partial charge in [-0.2, -0.15) is 0 Å². The summed E-state index contributed by atoms with van der Waals surface area (Å²) in [5, 5.41) is 9.39. The van der Waals surface area contributed by atoms with Crippen LogP contribution in [0.3, 0.4) is 0 Å². The molecular formula is C14H11FN2O. The average Bonchev–Trinajstić information content (AvgIpc) is 2.78. The van der Waals surface area contributed by atoms with E-state index in [1.165, 1.54) is 12.1 Å². The van der Waals surface area contributed by atoms with Gasteiger partial charge in [-0.3, -0.25) is 4.40 Å². The number of imidazole rings is 1. The van der Waals surface area contributed by atoms with Crippen molar-refractivity contribution in [3.63, 3.8) is 0 Å². The molecule has 3 rings (SSSR count). The van der Waals surface area contributed by atoms with Crippen molar-refractivity contribution in [2.75, 3.05) is 0 Å². The molecule has 1 aromatic carbocycles. The van der Waals surface area contributed by atoms with Crippen LogP contribution in [-0.4, -0.2) is 14.5 Å². The van der Waals surface area contributed by atoms with E-state index in [0.717, 1.165) is 16.9 Å². The molecule has 2 heterocycles. The Morgan fingerprint density at radius 2 is 1.89 bits per heavy atom. The minimum absolute atomic E-state index is 0.144. The van der Waals surface area contributed by atoms with E-state index in [2.05, 4.69) is 4.98 Å². The van der Waals surface area contributed by atoms with Crippen molar-refractivity contribution in [2.24, 2.45) is 0 Å². The summed E-state index contributed by atoms with van der Waals surface area (Å²) >= 11 is 0. The molecule has 0 amide bonds. The molecule has 0 saturated carbocycles. The number of hydrogen-bond acceptors (Lipinski definition) is 2. The van der Waals surface area contributed by atoms with Crippen LogP contribution in [0.5, 0.6) is 0 Å². The molecule has 3 nitrogen and oxygen atoms in total. The minimum atomic E-state index is -0.280. The van der Waals surface area contributed by atoms with Crippen LogP contribution in [0.1, 0.15) is 5.69 Å². The van der Waals surface area contributed by atoms with Gasteiger partial charge in [0.15, 0.2) is 0 Å². The first kappa shape index (κ1) is 10.9. The normalized spacial score (nSPS) is 11.0. The molecule has 0 radical (unpaired) electrons. The zero-order valence-electron chi connectivity index (χ0n) is 9.55. The lowest BCUT2D eigenvalue weighted by Gasteiger charge is -2.03. The molecule has 0 unspecified atom stereocenters. The number of halogens is 1. The van der Waals surface area contributed by atoms with Gasteiger partial charge in [0, 0.05) is 11.8 Å². The largest absolute Gasteiger partial charge is 0.390 e. The first-order valence-corrected chi connectivity index (χ1v) is 5.62. The third kappa shape index (κ3) is 1.67. The lowest BCUT2D eigenvalue weighted by atomic mass is 10.1. The number of benzene rings is 1. The van der Waals surface area contributed by atoms with E-state index < -0.39 is 0 Å². The average molecular weight is 242 g/mol. The van der Waals surface area contributed by atoms with Crippen molar-refractivity contribution >= 4 is 5.65 Å². The number of rotatable bonds is 2. The fourth-order valence-corrected chi connectivity index (χ4v) is 2.07. The molecule has 0 fully saturated rings. The van der Waals surface area contributed by atoms with Gasteiger partial charge in [0.1, 0.15) is 11.5 Å². The summed E-state index contributed by atoms with van der Waals surface area (Å²) < 4.78 is 14.8. The highest BCUT2D eigenvalue weighted by Gasteiger charge is 2.12. The van der Waals surface area contributed by atoms with Gasteiger partial charge in [-0.15, -0.1) is 0 Å². The minimum Gasteiger partial charge on any atom is -0.390 e. The first-order valence-electron chi connectivity index (χ1n) is 5.62. The molecule has 90 valence electrons. The monoisotopic (exact) mass is 242 g/mol. The van der Waals surface area contributed by atoms with Crippen molar-refractivity contribution in [1.29, 1.82) is 0 Å². The van der Waals surface area contributed by atoms with Crippen LogP contribution in [-0.2, 0) is 6.61 Å². The maximum absolute atomic E-state index is 13.0. The van der Waals surface area contributed by atoms with Crippen LogP contribution in [0.4, 0.5) is 4.39 Å². The summed E-state index contributed by atoms with van der Waals surface area (Å²) in [6.07, 6.45) is 1.88. The molecule has 0 atom stereocenters. The number of pyridine rings is 1. The quantitative estimate of drug-likeness (QED) is 0.750. The van der Waals surface area contributed by atoms with Crippen LogP contribution >= 0.6 is 0 Å². The van der Waals surface area contributed by atoms with E-state index >= 15 is 0 Å². The Bertz CT molecular complexity index is 689. The Balaban J connectivity index is 2.29. The Labute approximate surface area is 103 Å². The lowest BCUT2D eigenvalue weighted by Crippen LogP contribution is -1.91. The van der Waals surface area contributed by atoms with Gasteiger partial charge >= 0.3 is 0 Å². The van der Waals surface area contributed by atoms with E-state index in [4.69, 9.17) is 0 Å². The second-order valence-electron chi connectivity index (χ2n) is 4.00. The highest BCUT2D eigenvalue weighted by atomic mass is 19.1. The maximum atomic E-state index is 13.0. The van der Waals surface area contributed by atoms with E-state index in [-0.39, 0.29) is 12.4 Å². The number of aliphatic hydroxyl groups excluding tert-OH is 1. The van der Waals surface area contributed by atoms with Gasteiger partial charge in [0.05, 0.1) is 18.0 Å². The SMILES string of the molecule is OCc1nc2ccccn2c1-c1ccc(F)cc1. The lowest BCUT2D eigenvalue weighted by molar-refractivity contribution is 0.278. The molecular weight excluding hydrogens is 231 g/mol. The molecule has 1 N–H and O–H groups in total. The van der Waals surface area contributed by atoms with Crippen molar-refractivity contribution in [3.05, 3.63) is 60.2 Å². The third-order valence-electron chi connectivity index (χ3n) is 2.87. The van der Waals surface area contributed by atoms with Crippen molar-refractivity contribution in [3.8, 4) is 11.3 Å². The maximum Gasteiger partial charge on any atom is 0.137 e. The Morgan fingerprint density at radius 3 is 2.61 bits per heavy atom. The van der Waals surface area contributed by atoms with Crippen LogP contribution in [0.15, 0.2) is 48.7 Å². The number of fused-ring (bicyclic) bond motifs is 1. The van der Waals surface area contributed by atoms with Gasteiger partial charge in [-0.25, -0.2) is 9.37 Å². The van der Waals surface area contributed by atoms with Gasteiger partial charge < -0.3 is 5.11 Å². The zero-order chi connectivity index (χ0) is 12.5. The molecule has 0 aliphatic heterocycles. The van der Waals surface area contributed by atoms with Gasteiger partial charge in [0.25, 0.3) is 0 Å². The summed E-state index contributed by atoms with van der Waals surface area (Å²) in [7, 11) is 0. The van der Waals surface area contributed by atoms with Gasteiger partial charge in [0.2, 0.25) is 0 Å². The standard InChI is InChI=1S/C14H11FN2O/c15-11-6-4-10(5-7-11)14-12(9-18)16-13-3-1-2-8-17(13)14/h1-8,18H,9H2. The highest BCUT2D eigenvalue weighted by Crippen LogP contribution is 2.25. The summed E-state index contributed by atoms with van der Waals surface area (Å²) in [6.45, 7) is -0.144. The second-order valence-corrected chi connectivity index (χ2v) is 4.00. The van der Waals surface area contributed by atoms with Crippen molar-refractivity contribution < 1.29 is 9.50 Å². The molecule has 4 heteroatoms. The number of aromatic nitrogens is 2. The van der Waals surface area contributed by atoms with Gasteiger partial charge in [-0.1, -0.05) is 6.07 Å². The number of hydrogen-bond donors (Lipinski definition) is 1. The molecule has 0 bridgehead atoms. The fraction of sp³-hybridized carbons (Fsp3) is 0.0714. The molecule has 0 spiro atoms. The van der Waals surface area contributed by atoms with Crippen molar-refractivity contribution in [1.82, 2.24) is 9.38 Å². The van der Waals surface area contributed by atoms with Gasteiger partial charge in [-0.05, 0) is 36.4 Å². The summed E-state index contributed by atoms with van der Waals surface area (Å²) in [5.41, 5.74) is 2.99. The molecule has 0 aliphatic rings. The number of nitrogens with zero attached hydrogens (tertiary/aromatic N) is 2. The van der Waals surface area contributed by atoms with E-state index in [1.807, 2.05) is 28.8 Å². The van der Waals surface area contributed by atoms with E-state index in [0.29, 0.717) is 5.69 Å². The second kappa shape index (κ2) is 4.23. The summed E-state index contributed by atoms with van der Waals surface area (Å²) in [4.78, 5) is 4.35. The first-order chi connectivity index (χ1) is 8.79. The molecule has 3 aromatic rings. The molecule has 0 saturated heterocycles. The predicted octanol–water partition coefficient (Wildman–Crippen LogP) is 2.63. The Hall–Kier alpha value is -2.20. The van der Waals surface area contributed by atoms with Crippen LogP contribution in [0, 0.1) is 5.82 Å². The third-order valence-corrected chi connectivity index (χ3v) is 2.87. The fourth-order valence-electron chi connectivity index (χ4n) is 2.07. The highest BCUT2D eigenvalue weighted by molar-refractivity contribution is 5.67. The topological polar surface area (TPSA) is 37.5 Å². The number of aliphatic hydroxyl groups is 1.